The van der Waals surface area contributed by atoms with E-state index in [1.54, 1.807) is 18.2 Å². The summed E-state index contributed by atoms with van der Waals surface area (Å²) in [5.41, 5.74) is -0.0974. The third kappa shape index (κ3) is 5.51. The zero-order valence-electron chi connectivity index (χ0n) is 10.7. The Balaban J connectivity index is 2.66. The molecule has 0 spiro atoms. The summed E-state index contributed by atoms with van der Waals surface area (Å²) >= 11 is 0. The van der Waals surface area contributed by atoms with Crippen molar-refractivity contribution >= 4 is 14.4 Å². The molecule has 0 heterocycles. The van der Waals surface area contributed by atoms with Crippen LogP contribution >= 0.6 is 0 Å². The minimum absolute atomic E-state index is 0.436. The lowest BCUT2D eigenvalue weighted by molar-refractivity contribution is -0.137. The highest BCUT2D eigenvalue weighted by Crippen LogP contribution is 2.29. The molecule has 0 aliphatic rings. The van der Waals surface area contributed by atoms with Crippen LogP contribution < -0.4 is 0 Å². The highest BCUT2D eigenvalue weighted by molar-refractivity contribution is 6.69. The second-order valence-electron chi connectivity index (χ2n) is 4.95. The average Bonchev–Trinajstić information content (AvgIpc) is 2.22. The van der Waals surface area contributed by atoms with Gasteiger partial charge in [-0.3, -0.25) is 0 Å². The van der Waals surface area contributed by atoms with Crippen molar-refractivity contribution in [2.45, 2.75) is 25.8 Å². The van der Waals surface area contributed by atoms with Gasteiger partial charge in [-0.1, -0.05) is 24.3 Å². The van der Waals surface area contributed by atoms with Crippen molar-refractivity contribution in [3.05, 3.63) is 41.5 Å². The van der Waals surface area contributed by atoms with E-state index in [0.29, 0.717) is 12.2 Å². The summed E-state index contributed by atoms with van der Waals surface area (Å²) in [4.78, 5) is 0. The number of halogens is 3. The first kappa shape index (κ1) is 15.0. The molecule has 0 N–H and O–H groups in total. The molecule has 0 radical (unpaired) electrons. The van der Waals surface area contributed by atoms with Crippen LogP contribution in [0.5, 0.6) is 0 Å². The fourth-order valence-electron chi connectivity index (χ4n) is 1.30. The second kappa shape index (κ2) is 5.71. The predicted molar refractivity (Wildman–Crippen MR) is 69.8 cm³/mol. The Morgan fingerprint density at radius 2 is 1.89 bits per heavy atom. The summed E-state index contributed by atoms with van der Waals surface area (Å²) in [5.74, 6) is 0. The minimum Gasteiger partial charge on any atom is -0.414 e. The van der Waals surface area contributed by atoms with Gasteiger partial charge in [0, 0.05) is 0 Å². The molecular formula is C13H17F3OSi. The first-order chi connectivity index (χ1) is 8.18. The van der Waals surface area contributed by atoms with Crippen LogP contribution in [0.2, 0.25) is 19.6 Å². The van der Waals surface area contributed by atoms with Crippen molar-refractivity contribution in [3.8, 4) is 0 Å². The standard InChI is InChI=1S/C13H17F3OSi/c1-18(2,3)17-9-5-7-11-6-4-8-12(10-11)13(14,15)16/h4-8,10H,9H2,1-3H3/b7-5+. The zero-order valence-corrected chi connectivity index (χ0v) is 11.7. The first-order valence-corrected chi connectivity index (χ1v) is 9.07. The van der Waals surface area contributed by atoms with Gasteiger partial charge in [-0.05, 0) is 37.3 Å². The predicted octanol–water partition coefficient (Wildman–Crippen LogP) is 4.57. The van der Waals surface area contributed by atoms with Crippen LogP contribution in [0.15, 0.2) is 30.3 Å². The van der Waals surface area contributed by atoms with Crippen molar-refractivity contribution in [2.75, 3.05) is 6.61 Å². The summed E-state index contributed by atoms with van der Waals surface area (Å²) in [6, 6.07) is 5.24. The molecule has 0 saturated carbocycles. The maximum atomic E-state index is 12.5. The highest BCUT2D eigenvalue weighted by Gasteiger charge is 2.30. The van der Waals surface area contributed by atoms with E-state index in [1.165, 1.54) is 6.07 Å². The number of rotatable bonds is 4. The Bertz CT molecular complexity index is 419. The van der Waals surface area contributed by atoms with E-state index in [1.807, 2.05) is 0 Å². The van der Waals surface area contributed by atoms with Crippen LogP contribution in [-0.2, 0) is 10.6 Å². The van der Waals surface area contributed by atoms with Gasteiger partial charge in [0.1, 0.15) is 0 Å². The maximum Gasteiger partial charge on any atom is 0.416 e. The fourth-order valence-corrected chi connectivity index (χ4v) is 1.90. The van der Waals surface area contributed by atoms with Gasteiger partial charge in [-0.15, -0.1) is 0 Å². The van der Waals surface area contributed by atoms with Crippen molar-refractivity contribution < 1.29 is 17.6 Å². The monoisotopic (exact) mass is 274 g/mol. The molecule has 0 bridgehead atoms. The van der Waals surface area contributed by atoms with Gasteiger partial charge in [0.25, 0.3) is 0 Å². The quantitative estimate of drug-likeness (QED) is 0.731. The molecule has 0 amide bonds. The molecule has 1 aromatic rings. The molecule has 0 fully saturated rings. The van der Waals surface area contributed by atoms with Gasteiger partial charge in [0.05, 0.1) is 12.2 Å². The van der Waals surface area contributed by atoms with Crippen molar-refractivity contribution in [2.24, 2.45) is 0 Å². The average molecular weight is 274 g/mol. The van der Waals surface area contributed by atoms with Crippen LogP contribution in [0.1, 0.15) is 11.1 Å². The summed E-state index contributed by atoms with van der Waals surface area (Å²) in [7, 11) is -1.57. The fraction of sp³-hybridized carbons (Fsp3) is 0.385. The Kier molecular flexibility index (Phi) is 4.75. The van der Waals surface area contributed by atoms with E-state index in [4.69, 9.17) is 4.43 Å². The van der Waals surface area contributed by atoms with Crippen molar-refractivity contribution in [1.29, 1.82) is 0 Å². The lowest BCUT2D eigenvalue weighted by Gasteiger charge is -2.15. The summed E-state index contributed by atoms with van der Waals surface area (Å²) in [5, 5.41) is 0. The van der Waals surface area contributed by atoms with E-state index < -0.39 is 20.1 Å². The van der Waals surface area contributed by atoms with Gasteiger partial charge in [-0.25, -0.2) is 0 Å². The summed E-state index contributed by atoms with van der Waals surface area (Å²) < 4.78 is 43.0. The molecule has 1 rings (SSSR count). The smallest absolute Gasteiger partial charge is 0.414 e. The van der Waals surface area contributed by atoms with Crippen LogP contribution in [-0.4, -0.2) is 14.9 Å². The van der Waals surface area contributed by atoms with Crippen molar-refractivity contribution in [3.63, 3.8) is 0 Å². The largest absolute Gasteiger partial charge is 0.416 e. The third-order valence-corrected chi connectivity index (χ3v) is 3.17. The molecule has 0 saturated heterocycles. The number of alkyl halides is 3. The summed E-state index contributed by atoms with van der Waals surface area (Å²) in [6.45, 7) is 6.62. The van der Waals surface area contributed by atoms with Gasteiger partial charge in [-0.2, -0.15) is 13.2 Å². The van der Waals surface area contributed by atoms with E-state index in [-0.39, 0.29) is 0 Å². The molecule has 0 aliphatic heterocycles. The van der Waals surface area contributed by atoms with Gasteiger partial charge in [0.15, 0.2) is 8.32 Å². The topological polar surface area (TPSA) is 9.23 Å². The molecule has 100 valence electrons. The Labute approximate surface area is 106 Å². The molecule has 18 heavy (non-hydrogen) atoms. The number of hydrogen-bond acceptors (Lipinski definition) is 1. The molecule has 1 aromatic carbocycles. The number of benzene rings is 1. The minimum atomic E-state index is -4.29. The van der Waals surface area contributed by atoms with E-state index in [2.05, 4.69) is 19.6 Å². The molecule has 1 nitrogen and oxygen atoms in total. The normalized spacial score (nSPS) is 13.2. The second-order valence-corrected chi connectivity index (χ2v) is 9.46. The highest BCUT2D eigenvalue weighted by atomic mass is 28.4. The molecular weight excluding hydrogens is 257 g/mol. The number of hydrogen-bond donors (Lipinski definition) is 0. The molecule has 0 atom stereocenters. The van der Waals surface area contributed by atoms with E-state index >= 15 is 0 Å². The van der Waals surface area contributed by atoms with Crippen molar-refractivity contribution in [1.82, 2.24) is 0 Å². The zero-order chi connectivity index (χ0) is 13.8. The Morgan fingerprint density at radius 3 is 2.44 bits per heavy atom. The first-order valence-electron chi connectivity index (χ1n) is 5.66. The third-order valence-electron chi connectivity index (χ3n) is 2.14. The molecule has 0 aromatic heterocycles. The van der Waals surface area contributed by atoms with Crippen LogP contribution in [0.4, 0.5) is 13.2 Å². The van der Waals surface area contributed by atoms with Gasteiger partial charge in [0.2, 0.25) is 0 Å². The van der Waals surface area contributed by atoms with E-state index in [9.17, 15) is 13.2 Å². The summed E-state index contributed by atoms with van der Waals surface area (Å²) in [6.07, 6.45) is -0.901. The molecule has 0 unspecified atom stereocenters. The maximum absolute atomic E-state index is 12.5. The SMILES string of the molecule is C[Si](C)(C)OC/C=C/c1cccc(C(F)(F)F)c1. The molecule has 5 heteroatoms. The lowest BCUT2D eigenvalue weighted by atomic mass is 10.1. The van der Waals surface area contributed by atoms with Crippen LogP contribution in [0.3, 0.4) is 0 Å². The van der Waals surface area contributed by atoms with E-state index in [0.717, 1.165) is 12.1 Å². The Hall–Kier alpha value is -1.07. The van der Waals surface area contributed by atoms with Crippen LogP contribution in [0.25, 0.3) is 6.08 Å². The lowest BCUT2D eigenvalue weighted by Crippen LogP contribution is -2.25. The molecule has 0 aliphatic carbocycles. The Morgan fingerprint density at radius 1 is 1.22 bits per heavy atom. The van der Waals surface area contributed by atoms with Crippen LogP contribution in [0, 0.1) is 0 Å². The van der Waals surface area contributed by atoms with Gasteiger partial charge >= 0.3 is 6.18 Å². The van der Waals surface area contributed by atoms with Gasteiger partial charge < -0.3 is 4.43 Å².